The van der Waals surface area contributed by atoms with Gasteiger partial charge in [-0.15, -0.1) is 15.3 Å². The van der Waals surface area contributed by atoms with Gasteiger partial charge in [0, 0.05) is 17.5 Å². The summed E-state index contributed by atoms with van der Waals surface area (Å²) >= 11 is 1.60. The topological polar surface area (TPSA) is 55.1 Å². The van der Waals surface area contributed by atoms with Crippen LogP contribution in [-0.4, -0.2) is 26.4 Å². The molecule has 0 aliphatic heterocycles. The molecule has 0 aliphatic rings. The highest BCUT2D eigenvalue weighted by molar-refractivity contribution is 7.08. The third kappa shape index (κ3) is 2.85. The second-order valence-corrected chi connectivity index (χ2v) is 6.07. The van der Waals surface area contributed by atoms with Gasteiger partial charge in [-0.3, -0.25) is 0 Å². The van der Waals surface area contributed by atoms with Crippen LogP contribution in [0.4, 0.5) is 10.2 Å². The van der Waals surface area contributed by atoms with Gasteiger partial charge in [0.25, 0.3) is 0 Å². The van der Waals surface area contributed by atoms with Crippen LogP contribution in [-0.2, 0) is 6.42 Å². The number of hydrogen-bond acceptors (Lipinski definition) is 5. The summed E-state index contributed by atoms with van der Waals surface area (Å²) in [7, 11) is 0. The molecule has 0 unspecified atom stereocenters. The second kappa shape index (κ2) is 6.37. The first-order chi connectivity index (χ1) is 11.8. The van der Waals surface area contributed by atoms with Gasteiger partial charge < -0.3 is 5.32 Å². The monoisotopic (exact) mass is 339 g/mol. The lowest BCUT2D eigenvalue weighted by Gasteiger charge is -2.07. The number of anilines is 1. The lowest BCUT2D eigenvalue weighted by atomic mass is 10.1. The zero-order valence-corrected chi connectivity index (χ0v) is 13.5. The Morgan fingerprint density at radius 2 is 2.00 bits per heavy atom. The minimum atomic E-state index is -0.179. The van der Waals surface area contributed by atoms with Crippen molar-refractivity contribution < 1.29 is 4.39 Å². The highest BCUT2D eigenvalue weighted by atomic mass is 32.1. The van der Waals surface area contributed by atoms with Crippen molar-refractivity contribution in [3.63, 3.8) is 0 Å². The normalized spacial score (nSPS) is 11.0. The van der Waals surface area contributed by atoms with Crippen LogP contribution in [0.5, 0.6) is 0 Å². The molecule has 3 aromatic heterocycles. The molecule has 0 atom stereocenters. The predicted molar refractivity (Wildman–Crippen MR) is 92.7 cm³/mol. The highest BCUT2D eigenvalue weighted by Crippen LogP contribution is 2.20. The molecule has 0 spiro atoms. The van der Waals surface area contributed by atoms with Gasteiger partial charge >= 0.3 is 0 Å². The van der Waals surface area contributed by atoms with E-state index in [0.717, 1.165) is 5.56 Å². The van der Waals surface area contributed by atoms with Crippen LogP contribution in [0, 0.1) is 5.82 Å². The van der Waals surface area contributed by atoms with E-state index in [1.165, 1.54) is 6.07 Å². The SMILES string of the molecule is Fc1ccccc1CCNc1ccc2nnc(-c3ccsc3)n2n1. The summed E-state index contributed by atoms with van der Waals surface area (Å²) in [6.45, 7) is 0.593. The molecule has 1 aromatic carbocycles. The number of rotatable bonds is 5. The van der Waals surface area contributed by atoms with Crippen molar-refractivity contribution in [3.8, 4) is 11.4 Å². The van der Waals surface area contributed by atoms with Gasteiger partial charge in [0.1, 0.15) is 11.6 Å². The van der Waals surface area contributed by atoms with Gasteiger partial charge in [-0.25, -0.2) is 4.39 Å². The average molecular weight is 339 g/mol. The molecule has 0 saturated heterocycles. The Hall–Kier alpha value is -2.80. The molecule has 0 bridgehead atoms. The van der Waals surface area contributed by atoms with Crippen LogP contribution >= 0.6 is 11.3 Å². The number of hydrogen-bond donors (Lipinski definition) is 1. The summed E-state index contributed by atoms with van der Waals surface area (Å²) < 4.78 is 15.3. The zero-order chi connectivity index (χ0) is 16.4. The number of benzene rings is 1. The Morgan fingerprint density at radius 1 is 1.08 bits per heavy atom. The van der Waals surface area contributed by atoms with E-state index < -0.39 is 0 Å². The van der Waals surface area contributed by atoms with E-state index in [-0.39, 0.29) is 5.82 Å². The van der Waals surface area contributed by atoms with Gasteiger partial charge in [-0.2, -0.15) is 15.9 Å². The number of nitrogens with zero attached hydrogens (tertiary/aromatic N) is 4. The maximum absolute atomic E-state index is 13.6. The Bertz CT molecular complexity index is 964. The molecule has 7 heteroatoms. The van der Waals surface area contributed by atoms with Crippen LogP contribution in [0.3, 0.4) is 0 Å². The average Bonchev–Trinajstić information content (AvgIpc) is 3.25. The molecule has 4 aromatic rings. The van der Waals surface area contributed by atoms with Crippen LogP contribution < -0.4 is 5.32 Å². The van der Waals surface area contributed by atoms with Crippen molar-refractivity contribution in [1.82, 2.24) is 19.8 Å². The van der Waals surface area contributed by atoms with Crippen molar-refractivity contribution in [2.24, 2.45) is 0 Å². The van der Waals surface area contributed by atoms with Crippen molar-refractivity contribution in [1.29, 1.82) is 0 Å². The summed E-state index contributed by atoms with van der Waals surface area (Å²) in [4.78, 5) is 0. The van der Waals surface area contributed by atoms with Crippen molar-refractivity contribution in [3.05, 3.63) is 64.6 Å². The Labute approximate surface area is 141 Å². The molecule has 1 N–H and O–H groups in total. The molecule has 0 amide bonds. The van der Waals surface area contributed by atoms with E-state index in [9.17, 15) is 4.39 Å². The molecule has 3 heterocycles. The number of aromatic nitrogens is 4. The molecular formula is C17H14FN5S. The molecule has 0 aliphatic carbocycles. The lowest BCUT2D eigenvalue weighted by molar-refractivity contribution is 0.610. The Kier molecular flexibility index (Phi) is 3.92. The van der Waals surface area contributed by atoms with Crippen molar-refractivity contribution >= 4 is 22.8 Å². The van der Waals surface area contributed by atoms with E-state index in [2.05, 4.69) is 20.6 Å². The predicted octanol–water partition coefficient (Wildman–Crippen LogP) is 3.65. The van der Waals surface area contributed by atoms with Crippen molar-refractivity contribution in [2.75, 3.05) is 11.9 Å². The van der Waals surface area contributed by atoms with Crippen molar-refractivity contribution in [2.45, 2.75) is 6.42 Å². The highest BCUT2D eigenvalue weighted by Gasteiger charge is 2.10. The van der Waals surface area contributed by atoms with E-state index in [1.807, 2.05) is 35.0 Å². The first-order valence-electron chi connectivity index (χ1n) is 7.53. The van der Waals surface area contributed by atoms with Crippen LogP contribution in [0.1, 0.15) is 5.56 Å². The van der Waals surface area contributed by atoms with Crippen LogP contribution in [0.2, 0.25) is 0 Å². The summed E-state index contributed by atoms with van der Waals surface area (Å²) in [6, 6.07) is 12.5. The minimum absolute atomic E-state index is 0.179. The molecule has 0 saturated carbocycles. The smallest absolute Gasteiger partial charge is 0.186 e. The second-order valence-electron chi connectivity index (χ2n) is 5.29. The summed E-state index contributed by atoms with van der Waals surface area (Å²) in [5.74, 6) is 1.24. The maximum atomic E-state index is 13.6. The molecule has 0 radical (unpaired) electrons. The lowest BCUT2D eigenvalue weighted by Crippen LogP contribution is -2.09. The van der Waals surface area contributed by atoms with Gasteiger partial charge in [0.05, 0.1) is 0 Å². The first-order valence-corrected chi connectivity index (χ1v) is 8.48. The van der Waals surface area contributed by atoms with Gasteiger partial charge in [0.15, 0.2) is 11.5 Å². The van der Waals surface area contributed by atoms with Crippen LogP contribution in [0.15, 0.2) is 53.2 Å². The zero-order valence-electron chi connectivity index (χ0n) is 12.7. The number of halogens is 1. The summed E-state index contributed by atoms with van der Waals surface area (Å²) in [5, 5.41) is 20.1. The molecular weight excluding hydrogens is 325 g/mol. The Balaban J connectivity index is 1.53. The van der Waals surface area contributed by atoms with E-state index in [1.54, 1.807) is 28.0 Å². The fourth-order valence-electron chi connectivity index (χ4n) is 2.48. The molecule has 4 rings (SSSR count). The summed E-state index contributed by atoms with van der Waals surface area (Å²) in [6.07, 6.45) is 0.589. The molecule has 5 nitrogen and oxygen atoms in total. The fraction of sp³-hybridized carbons (Fsp3) is 0.118. The maximum Gasteiger partial charge on any atom is 0.186 e. The minimum Gasteiger partial charge on any atom is -0.368 e. The van der Waals surface area contributed by atoms with E-state index in [4.69, 9.17) is 0 Å². The van der Waals surface area contributed by atoms with Crippen LogP contribution in [0.25, 0.3) is 17.0 Å². The Morgan fingerprint density at radius 3 is 2.83 bits per heavy atom. The standard InChI is InChI=1S/C17H14FN5S/c18-14-4-2-1-3-12(14)7-9-19-15-5-6-16-20-21-17(23(16)22-15)13-8-10-24-11-13/h1-6,8,10-11H,7,9H2,(H,19,22). The molecule has 0 fully saturated rings. The first kappa shape index (κ1) is 14.8. The molecule has 120 valence electrons. The summed E-state index contributed by atoms with van der Waals surface area (Å²) in [5.41, 5.74) is 2.37. The quantitative estimate of drug-likeness (QED) is 0.603. The van der Waals surface area contributed by atoms with Gasteiger partial charge in [-0.1, -0.05) is 18.2 Å². The van der Waals surface area contributed by atoms with E-state index in [0.29, 0.717) is 35.8 Å². The largest absolute Gasteiger partial charge is 0.368 e. The number of thiophene rings is 1. The van der Waals surface area contributed by atoms with Gasteiger partial charge in [-0.05, 0) is 41.6 Å². The van der Waals surface area contributed by atoms with E-state index >= 15 is 0 Å². The van der Waals surface area contributed by atoms with Gasteiger partial charge in [0.2, 0.25) is 0 Å². The number of nitrogens with one attached hydrogen (secondary N) is 1. The number of fused-ring (bicyclic) bond motifs is 1. The third-order valence-electron chi connectivity index (χ3n) is 3.70. The molecule has 24 heavy (non-hydrogen) atoms. The third-order valence-corrected chi connectivity index (χ3v) is 4.38. The fourth-order valence-corrected chi connectivity index (χ4v) is 3.12.